The van der Waals surface area contributed by atoms with Gasteiger partial charge in [-0.2, -0.15) is 16.4 Å². The van der Waals surface area contributed by atoms with Gasteiger partial charge >= 0.3 is 6.03 Å². The van der Waals surface area contributed by atoms with Crippen molar-refractivity contribution in [1.29, 1.82) is 0 Å². The minimum absolute atomic E-state index is 0.146. The van der Waals surface area contributed by atoms with Crippen LogP contribution in [0.2, 0.25) is 10.0 Å². The fourth-order valence-electron chi connectivity index (χ4n) is 3.04. The van der Waals surface area contributed by atoms with E-state index in [2.05, 4.69) is 15.7 Å². The van der Waals surface area contributed by atoms with Crippen molar-refractivity contribution >= 4 is 58.0 Å². The number of nitrogens with one attached hydrogen (secondary N) is 2. The van der Waals surface area contributed by atoms with E-state index < -0.39 is 11.9 Å². The van der Waals surface area contributed by atoms with Gasteiger partial charge in [0, 0.05) is 17.0 Å². The van der Waals surface area contributed by atoms with Crippen LogP contribution in [0.25, 0.3) is 16.9 Å². The third-order valence-corrected chi connectivity index (χ3v) is 6.03. The number of aromatic nitrogens is 2. The van der Waals surface area contributed by atoms with Crippen molar-refractivity contribution in [3.8, 4) is 16.9 Å². The lowest BCUT2D eigenvalue weighted by Crippen LogP contribution is -2.21. The molecule has 10 heteroatoms. The third kappa shape index (κ3) is 4.94. The number of nitrogens with two attached hydrogens (primary N) is 1. The molecule has 0 fully saturated rings. The average molecular weight is 486 g/mol. The molecule has 3 amide bonds. The molecule has 7 nitrogen and oxygen atoms in total. The van der Waals surface area contributed by atoms with Gasteiger partial charge in [0.15, 0.2) is 0 Å². The smallest absolute Gasteiger partial charge is 0.324 e. The summed E-state index contributed by atoms with van der Waals surface area (Å²) >= 11 is 13.7. The van der Waals surface area contributed by atoms with E-state index in [1.165, 1.54) is 0 Å². The first-order chi connectivity index (χ1) is 15.4. The van der Waals surface area contributed by atoms with Crippen molar-refractivity contribution in [2.45, 2.75) is 6.42 Å². The minimum atomic E-state index is -0.502. The monoisotopic (exact) mass is 485 g/mol. The lowest BCUT2D eigenvalue weighted by molar-refractivity contribution is -0.117. The van der Waals surface area contributed by atoms with Crippen LogP contribution in [0.4, 0.5) is 16.3 Å². The summed E-state index contributed by atoms with van der Waals surface area (Å²) in [5.74, 6) is 0.0415. The number of carbonyl (C=O) groups is 2. The van der Waals surface area contributed by atoms with E-state index in [0.29, 0.717) is 27.9 Å². The lowest BCUT2D eigenvalue weighted by Gasteiger charge is -2.11. The first kappa shape index (κ1) is 21.9. The molecular weight excluding hydrogens is 469 g/mol. The largest absolute Gasteiger partial charge is 0.369 e. The molecule has 2 aromatic carbocycles. The Morgan fingerprint density at radius 1 is 1.06 bits per heavy atom. The molecule has 0 saturated carbocycles. The quantitative estimate of drug-likeness (QED) is 0.332. The van der Waals surface area contributed by atoms with Crippen LogP contribution < -0.4 is 16.4 Å². The van der Waals surface area contributed by atoms with Gasteiger partial charge in [-0.15, -0.1) is 0 Å². The Kier molecular flexibility index (Phi) is 6.45. The van der Waals surface area contributed by atoms with E-state index in [1.807, 2.05) is 16.8 Å². The SMILES string of the molecule is NC(=O)Cc1ccc(-n2nc(-c3ccsc3)cc2NC(=O)Nc2cccc(Cl)c2Cl)cc1. The van der Waals surface area contributed by atoms with E-state index in [4.69, 9.17) is 28.9 Å². The summed E-state index contributed by atoms with van der Waals surface area (Å²) in [6, 6.07) is 15.4. The Morgan fingerprint density at radius 3 is 2.53 bits per heavy atom. The predicted octanol–water partition coefficient (Wildman–Crippen LogP) is 5.58. The van der Waals surface area contributed by atoms with Crippen LogP contribution in [-0.2, 0) is 11.2 Å². The standard InChI is InChI=1S/C22H17Cl2N5O2S/c23-16-2-1-3-17(21(16)24)26-22(31)27-20-11-18(14-8-9-32-12-14)28-29(20)15-6-4-13(5-7-15)10-19(25)30/h1-9,11-12H,10H2,(H2,25,30)(H2,26,27,31). The molecule has 2 heterocycles. The molecule has 0 spiro atoms. The number of hydrogen-bond donors (Lipinski definition) is 3. The molecule has 0 bridgehead atoms. The number of nitrogens with zero attached hydrogens (tertiary/aromatic N) is 2. The molecule has 0 atom stereocenters. The summed E-state index contributed by atoms with van der Waals surface area (Å²) in [5, 5.41) is 14.7. The number of anilines is 2. The number of thiophene rings is 1. The van der Waals surface area contributed by atoms with E-state index in [-0.39, 0.29) is 11.4 Å². The van der Waals surface area contributed by atoms with Gasteiger partial charge in [0.25, 0.3) is 0 Å². The summed E-state index contributed by atoms with van der Waals surface area (Å²) < 4.78 is 1.61. The van der Waals surface area contributed by atoms with Crippen LogP contribution in [0.5, 0.6) is 0 Å². The van der Waals surface area contributed by atoms with Crippen LogP contribution in [0, 0.1) is 0 Å². The zero-order chi connectivity index (χ0) is 22.7. The number of carbonyl (C=O) groups excluding carboxylic acids is 2. The van der Waals surface area contributed by atoms with E-state index in [1.54, 1.807) is 64.5 Å². The van der Waals surface area contributed by atoms with Crippen molar-refractivity contribution in [3.63, 3.8) is 0 Å². The molecule has 4 aromatic rings. The average Bonchev–Trinajstić information content (AvgIpc) is 3.42. The molecule has 4 rings (SSSR count). The summed E-state index contributed by atoms with van der Waals surface area (Å²) in [5.41, 5.74) is 8.77. The number of urea groups is 1. The Balaban J connectivity index is 1.63. The van der Waals surface area contributed by atoms with Crippen molar-refractivity contribution in [2.75, 3.05) is 10.6 Å². The Bertz CT molecular complexity index is 1270. The highest BCUT2D eigenvalue weighted by Gasteiger charge is 2.15. The van der Waals surface area contributed by atoms with Gasteiger partial charge in [-0.3, -0.25) is 10.1 Å². The molecular formula is C22H17Cl2N5O2S. The maximum Gasteiger partial charge on any atom is 0.324 e. The van der Waals surface area contributed by atoms with Gasteiger partial charge < -0.3 is 11.1 Å². The fraction of sp³-hybridized carbons (Fsp3) is 0.0455. The fourth-order valence-corrected chi connectivity index (χ4v) is 4.04. The number of halogens is 2. The van der Waals surface area contributed by atoms with Gasteiger partial charge in [-0.25, -0.2) is 9.48 Å². The zero-order valence-electron chi connectivity index (χ0n) is 16.5. The van der Waals surface area contributed by atoms with Crippen LogP contribution in [0.3, 0.4) is 0 Å². The maximum absolute atomic E-state index is 12.7. The predicted molar refractivity (Wildman–Crippen MR) is 129 cm³/mol. The molecule has 0 unspecified atom stereocenters. The highest BCUT2D eigenvalue weighted by molar-refractivity contribution is 7.08. The van der Waals surface area contributed by atoms with Gasteiger partial charge in [-0.1, -0.05) is 41.4 Å². The highest BCUT2D eigenvalue weighted by Crippen LogP contribution is 2.30. The number of rotatable bonds is 6. The molecule has 0 aliphatic carbocycles. The van der Waals surface area contributed by atoms with Crippen LogP contribution >= 0.6 is 34.5 Å². The summed E-state index contributed by atoms with van der Waals surface area (Å²) in [6.07, 6.45) is 0.146. The first-order valence-corrected chi connectivity index (χ1v) is 11.1. The lowest BCUT2D eigenvalue weighted by atomic mass is 10.1. The molecule has 2 aromatic heterocycles. The Labute approximate surface area is 197 Å². The number of amides is 3. The highest BCUT2D eigenvalue weighted by atomic mass is 35.5. The molecule has 162 valence electrons. The summed E-state index contributed by atoms with van der Waals surface area (Å²) in [6.45, 7) is 0. The molecule has 0 aliphatic heterocycles. The second-order valence-corrected chi connectivity index (χ2v) is 8.39. The molecule has 4 N–H and O–H groups in total. The molecule has 32 heavy (non-hydrogen) atoms. The third-order valence-electron chi connectivity index (χ3n) is 4.53. The van der Waals surface area contributed by atoms with Gasteiger partial charge in [0.2, 0.25) is 5.91 Å². The molecule has 0 aliphatic rings. The Morgan fingerprint density at radius 2 is 1.84 bits per heavy atom. The van der Waals surface area contributed by atoms with E-state index in [0.717, 1.165) is 11.1 Å². The zero-order valence-corrected chi connectivity index (χ0v) is 18.8. The van der Waals surface area contributed by atoms with Gasteiger partial charge in [0.1, 0.15) is 5.82 Å². The number of primary amides is 1. The minimum Gasteiger partial charge on any atom is -0.369 e. The second-order valence-electron chi connectivity index (χ2n) is 6.83. The van der Waals surface area contributed by atoms with Gasteiger partial charge in [0.05, 0.1) is 33.5 Å². The Hall–Kier alpha value is -3.33. The van der Waals surface area contributed by atoms with Crippen LogP contribution in [0.1, 0.15) is 5.56 Å². The van der Waals surface area contributed by atoms with Crippen LogP contribution in [0.15, 0.2) is 65.4 Å². The summed E-state index contributed by atoms with van der Waals surface area (Å²) in [4.78, 5) is 23.8. The van der Waals surface area contributed by atoms with E-state index >= 15 is 0 Å². The van der Waals surface area contributed by atoms with Crippen molar-refractivity contribution in [2.24, 2.45) is 5.73 Å². The number of benzene rings is 2. The van der Waals surface area contributed by atoms with E-state index in [9.17, 15) is 9.59 Å². The van der Waals surface area contributed by atoms with Gasteiger partial charge in [-0.05, 0) is 41.3 Å². The van der Waals surface area contributed by atoms with Crippen molar-refractivity contribution < 1.29 is 9.59 Å². The number of hydrogen-bond acceptors (Lipinski definition) is 4. The second kappa shape index (κ2) is 9.44. The first-order valence-electron chi connectivity index (χ1n) is 9.43. The molecule has 0 radical (unpaired) electrons. The summed E-state index contributed by atoms with van der Waals surface area (Å²) in [7, 11) is 0. The maximum atomic E-state index is 12.7. The molecule has 0 saturated heterocycles. The van der Waals surface area contributed by atoms with Crippen molar-refractivity contribution in [3.05, 3.63) is 81.0 Å². The topological polar surface area (TPSA) is 102 Å². The van der Waals surface area contributed by atoms with Crippen molar-refractivity contribution in [1.82, 2.24) is 9.78 Å². The van der Waals surface area contributed by atoms with Crippen LogP contribution in [-0.4, -0.2) is 21.7 Å². The normalized spacial score (nSPS) is 10.7.